The molecule has 1 aliphatic carbocycles. The minimum absolute atomic E-state index is 0.000699. The Bertz CT molecular complexity index is 652. The second kappa shape index (κ2) is 6.50. The summed E-state index contributed by atoms with van der Waals surface area (Å²) in [7, 11) is 0. The summed E-state index contributed by atoms with van der Waals surface area (Å²) in [6.07, 6.45) is 1.80. The van der Waals surface area contributed by atoms with Crippen LogP contribution in [0.5, 0.6) is 0 Å². The number of hydrogen-bond acceptors (Lipinski definition) is 2. The highest BCUT2D eigenvalue weighted by Gasteiger charge is 2.44. The van der Waals surface area contributed by atoms with E-state index in [1.807, 2.05) is 6.92 Å². The molecule has 4 rings (SSSR count). The quantitative estimate of drug-likeness (QED) is 0.892. The van der Waals surface area contributed by atoms with Crippen LogP contribution >= 0.6 is 0 Å². The van der Waals surface area contributed by atoms with Crippen molar-refractivity contribution in [2.75, 3.05) is 24.5 Å². The molecular weight excluding hydrogens is 317 g/mol. The normalized spacial score (nSPS) is 34.4. The molecule has 0 spiro atoms. The highest BCUT2D eigenvalue weighted by molar-refractivity contribution is 5.75. The molecule has 2 amide bonds. The molecular formula is C20H28FN3O. The fourth-order valence-corrected chi connectivity index (χ4v) is 5.05. The maximum Gasteiger partial charge on any atom is 0.317 e. The Balaban J connectivity index is 1.40. The molecule has 5 atom stereocenters. The van der Waals surface area contributed by atoms with Gasteiger partial charge in [-0.3, -0.25) is 0 Å². The molecule has 0 bridgehead atoms. The van der Waals surface area contributed by atoms with Gasteiger partial charge in [0.15, 0.2) is 0 Å². The Morgan fingerprint density at radius 1 is 1.20 bits per heavy atom. The van der Waals surface area contributed by atoms with Crippen molar-refractivity contribution in [1.29, 1.82) is 0 Å². The zero-order valence-electron chi connectivity index (χ0n) is 15.1. The van der Waals surface area contributed by atoms with Crippen LogP contribution in [0.2, 0.25) is 0 Å². The van der Waals surface area contributed by atoms with Crippen molar-refractivity contribution in [1.82, 2.24) is 10.2 Å². The molecule has 3 aliphatic rings. The smallest absolute Gasteiger partial charge is 0.317 e. The second-order valence-electron chi connectivity index (χ2n) is 8.08. The average molecular weight is 345 g/mol. The monoisotopic (exact) mass is 345 g/mol. The van der Waals surface area contributed by atoms with E-state index in [1.165, 1.54) is 17.7 Å². The fraction of sp³-hybridized carbons (Fsp3) is 0.650. The molecule has 5 heteroatoms. The summed E-state index contributed by atoms with van der Waals surface area (Å²) in [6.45, 7) is 6.41. The number of fused-ring (bicyclic) bond motifs is 1. The van der Waals surface area contributed by atoms with Crippen molar-refractivity contribution in [3.63, 3.8) is 0 Å². The third kappa shape index (κ3) is 3.09. The summed E-state index contributed by atoms with van der Waals surface area (Å²) < 4.78 is 13.6. The van der Waals surface area contributed by atoms with Gasteiger partial charge in [-0.05, 0) is 44.2 Å². The number of urea groups is 1. The first-order valence-corrected chi connectivity index (χ1v) is 9.54. The van der Waals surface area contributed by atoms with Gasteiger partial charge in [-0.25, -0.2) is 9.18 Å². The van der Waals surface area contributed by atoms with Gasteiger partial charge < -0.3 is 15.1 Å². The molecule has 0 aromatic heterocycles. The first kappa shape index (κ1) is 16.7. The Morgan fingerprint density at radius 3 is 2.72 bits per heavy atom. The van der Waals surface area contributed by atoms with Crippen molar-refractivity contribution in [2.45, 2.75) is 51.4 Å². The predicted molar refractivity (Wildman–Crippen MR) is 97.6 cm³/mol. The lowest BCUT2D eigenvalue weighted by Crippen LogP contribution is -2.48. The number of hydrogen-bond donors (Lipinski definition) is 1. The van der Waals surface area contributed by atoms with E-state index in [9.17, 15) is 9.18 Å². The van der Waals surface area contributed by atoms with E-state index in [4.69, 9.17) is 0 Å². The van der Waals surface area contributed by atoms with E-state index < -0.39 is 6.17 Å². The van der Waals surface area contributed by atoms with Crippen molar-refractivity contribution in [2.24, 2.45) is 11.8 Å². The molecule has 2 heterocycles. The molecule has 2 saturated heterocycles. The summed E-state index contributed by atoms with van der Waals surface area (Å²) in [5.41, 5.74) is 2.62. The Hall–Kier alpha value is -1.78. The summed E-state index contributed by atoms with van der Waals surface area (Å²) >= 11 is 0. The van der Waals surface area contributed by atoms with Crippen molar-refractivity contribution < 1.29 is 9.18 Å². The number of halogens is 1. The lowest BCUT2D eigenvalue weighted by Gasteiger charge is -2.27. The number of aryl methyl sites for hydroxylation is 1. The number of benzene rings is 1. The number of likely N-dealkylation sites (tertiary alicyclic amines) is 1. The van der Waals surface area contributed by atoms with E-state index in [0.717, 1.165) is 19.5 Å². The lowest BCUT2D eigenvalue weighted by atomic mass is 9.98. The minimum atomic E-state index is -0.875. The van der Waals surface area contributed by atoms with Gasteiger partial charge in [0, 0.05) is 43.2 Å². The van der Waals surface area contributed by atoms with Crippen LogP contribution in [0.3, 0.4) is 0 Å². The van der Waals surface area contributed by atoms with Gasteiger partial charge in [0.25, 0.3) is 0 Å². The number of carbonyl (C=O) groups excluding carboxylic acids is 1. The summed E-state index contributed by atoms with van der Waals surface area (Å²) in [5, 5.41) is 3.22. The molecule has 4 nitrogen and oxygen atoms in total. The van der Waals surface area contributed by atoms with Gasteiger partial charge in [0.2, 0.25) is 0 Å². The first-order chi connectivity index (χ1) is 12.0. The third-order valence-corrected chi connectivity index (χ3v) is 6.41. The van der Waals surface area contributed by atoms with Crippen LogP contribution in [-0.2, 0) is 0 Å². The van der Waals surface area contributed by atoms with Gasteiger partial charge in [-0.1, -0.05) is 18.2 Å². The van der Waals surface area contributed by atoms with E-state index >= 15 is 0 Å². The molecule has 0 radical (unpaired) electrons. The van der Waals surface area contributed by atoms with Gasteiger partial charge in [-0.15, -0.1) is 0 Å². The van der Waals surface area contributed by atoms with Crippen molar-refractivity contribution >= 4 is 11.7 Å². The van der Waals surface area contributed by atoms with E-state index in [1.54, 1.807) is 4.90 Å². The lowest BCUT2D eigenvalue weighted by molar-refractivity contribution is 0.186. The van der Waals surface area contributed by atoms with Gasteiger partial charge in [-0.2, -0.15) is 0 Å². The summed E-state index contributed by atoms with van der Waals surface area (Å²) in [5.74, 6) is 1.15. The number of rotatable bonds is 2. The van der Waals surface area contributed by atoms with Crippen molar-refractivity contribution in [3.05, 3.63) is 29.8 Å². The van der Waals surface area contributed by atoms with E-state index in [2.05, 4.69) is 41.4 Å². The molecule has 25 heavy (non-hydrogen) atoms. The molecule has 136 valence electrons. The van der Waals surface area contributed by atoms with Gasteiger partial charge in [0.1, 0.15) is 6.17 Å². The van der Waals surface area contributed by atoms with Crippen molar-refractivity contribution in [3.8, 4) is 0 Å². The van der Waals surface area contributed by atoms with Crippen LogP contribution in [0.25, 0.3) is 0 Å². The van der Waals surface area contributed by atoms with Crippen LogP contribution in [0.4, 0.5) is 14.9 Å². The number of nitrogens with zero attached hydrogens (tertiary/aromatic N) is 2. The Morgan fingerprint density at radius 2 is 2.00 bits per heavy atom. The molecule has 1 N–H and O–H groups in total. The number of anilines is 1. The highest BCUT2D eigenvalue weighted by atomic mass is 19.1. The standard InChI is InChI=1S/C20H28FN3O/c1-13-5-3-4-6-19(13)23-10-15-7-8-18(17(15)12-23)22-20(25)24-11-16(21)9-14(24)2/h3-6,14-18H,7-12H2,1-2H3,(H,22,25)/t14?,15-,16-,17+,18+/m1/s1. The Kier molecular flexibility index (Phi) is 4.34. The van der Waals surface area contributed by atoms with Crippen LogP contribution in [0, 0.1) is 18.8 Å². The highest BCUT2D eigenvalue weighted by Crippen LogP contribution is 2.40. The fourth-order valence-electron chi connectivity index (χ4n) is 5.05. The number of para-hydroxylation sites is 1. The van der Waals surface area contributed by atoms with Gasteiger partial charge >= 0.3 is 6.03 Å². The molecule has 3 fully saturated rings. The van der Waals surface area contributed by atoms with E-state index in [0.29, 0.717) is 18.3 Å². The minimum Gasteiger partial charge on any atom is -0.371 e. The first-order valence-electron chi connectivity index (χ1n) is 9.54. The number of alkyl halides is 1. The predicted octanol–water partition coefficient (Wildman–Crippen LogP) is 3.35. The molecule has 1 saturated carbocycles. The third-order valence-electron chi connectivity index (χ3n) is 6.41. The second-order valence-corrected chi connectivity index (χ2v) is 8.08. The zero-order valence-corrected chi connectivity index (χ0v) is 15.1. The summed E-state index contributed by atoms with van der Waals surface area (Å²) in [4.78, 5) is 16.7. The SMILES string of the molecule is Cc1ccccc1N1C[C@H]2CC[C@H](NC(=O)N3C[C@H](F)CC3C)[C@H]2C1. The van der Waals surface area contributed by atoms with Crippen LogP contribution in [-0.4, -0.2) is 48.8 Å². The largest absolute Gasteiger partial charge is 0.371 e. The number of amides is 2. The number of nitrogens with one attached hydrogen (secondary N) is 1. The molecule has 1 aromatic rings. The average Bonchev–Trinajstić information content (AvgIpc) is 3.23. The molecule has 1 unspecified atom stereocenters. The topological polar surface area (TPSA) is 35.6 Å². The maximum absolute atomic E-state index is 13.6. The maximum atomic E-state index is 13.6. The molecule has 1 aromatic carbocycles. The Labute approximate surface area is 149 Å². The summed E-state index contributed by atoms with van der Waals surface area (Å²) in [6, 6.07) is 8.66. The van der Waals surface area contributed by atoms with Crippen LogP contribution < -0.4 is 10.2 Å². The van der Waals surface area contributed by atoms with Crippen LogP contribution in [0.15, 0.2) is 24.3 Å². The van der Waals surface area contributed by atoms with Crippen LogP contribution in [0.1, 0.15) is 31.7 Å². The number of carbonyl (C=O) groups is 1. The molecule has 2 aliphatic heterocycles. The zero-order chi connectivity index (χ0) is 17.6. The van der Waals surface area contributed by atoms with Gasteiger partial charge in [0.05, 0.1) is 6.54 Å². The van der Waals surface area contributed by atoms with E-state index in [-0.39, 0.29) is 24.7 Å².